The van der Waals surface area contributed by atoms with Crippen LogP contribution in [0.3, 0.4) is 0 Å². The maximum absolute atomic E-state index is 10.6. The zero-order chi connectivity index (χ0) is 14.6. The smallest absolute Gasteiger partial charge is 0.317 e. The molecule has 0 aromatic heterocycles. The molecule has 0 fully saturated rings. The Morgan fingerprint density at radius 2 is 1.63 bits per heavy atom. The van der Waals surface area contributed by atoms with E-state index < -0.39 is 36.5 Å². The highest BCUT2D eigenvalue weighted by molar-refractivity contribution is 6.30. The predicted molar refractivity (Wildman–Crippen MR) is 65.3 cm³/mol. The van der Waals surface area contributed by atoms with Gasteiger partial charge in [0.15, 0.2) is 11.5 Å². The van der Waals surface area contributed by atoms with Crippen LogP contribution in [0.15, 0.2) is 12.1 Å². The molecule has 0 saturated carbocycles. The maximum atomic E-state index is 10.6. The van der Waals surface area contributed by atoms with E-state index in [1.807, 2.05) is 0 Å². The zero-order valence-electron chi connectivity index (χ0n) is 9.71. The van der Waals surface area contributed by atoms with Crippen LogP contribution >= 0.6 is 11.6 Å². The van der Waals surface area contributed by atoms with Crippen LogP contribution in [-0.4, -0.2) is 50.4 Å². The fraction of sp³-hybridized carbons (Fsp3) is 0.273. The molecule has 0 heterocycles. The van der Waals surface area contributed by atoms with Crippen LogP contribution in [0.4, 0.5) is 0 Å². The molecule has 0 aliphatic rings. The first-order valence-electron chi connectivity index (χ1n) is 5.16. The van der Waals surface area contributed by atoms with Gasteiger partial charge < -0.3 is 20.4 Å². The maximum Gasteiger partial charge on any atom is 0.317 e. The van der Waals surface area contributed by atoms with Crippen molar-refractivity contribution in [1.29, 1.82) is 0 Å². The number of halogens is 1. The molecule has 0 aliphatic heterocycles. The summed E-state index contributed by atoms with van der Waals surface area (Å²) >= 11 is 5.69. The number of aromatic hydroxyl groups is 2. The Kier molecular flexibility index (Phi) is 4.96. The van der Waals surface area contributed by atoms with Crippen molar-refractivity contribution in [1.82, 2.24) is 4.90 Å². The zero-order valence-corrected chi connectivity index (χ0v) is 10.5. The lowest BCUT2D eigenvalue weighted by atomic mass is 10.1. The van der Waals surface area contributed by atoms with Crippen molar-refractivity contribution < 1.29 is 30.0 Å². The number of phenolic OH excluding ortho intramolecular Hbond substituents is 2. The SMILES string of the molecule is O=C(O)CN(CC(=O)O)Cc1cc(Cl)cc(O)c1O. The monoisotopic (exact) mass is 289 g/mol. The van der Waals surface area contributed by atoms with Crippen LogP contribution in [0.5, 0.6) is 11.5 Å². The topological polar surface area (TPSA) is 118 Å². The molecule has 8 heteroatoms. The number of rotatable bonds is 6. The van der Waals surface area contributed by atoms with Gasteiger partial charge in [-0.25, -0.2) is 0 Å². The summed E-state index contributed by atoms with van der Waals surface area (Å²) < 4.78 is 0. The lowest BCUT2D eigenvalue weighted by Gasteiger charge is -2.19. The number of hydrogen-bond donors (Lipinski definition) is 4. The number of aliphatic carboxylic acids is 2. The molecule has 19 heavy (non-hydrogen) atoms. The number of phenols is 2. The van der Waals surface area contributed by atoms with Gasteiger partial charge in [-0.05, 0) is 6.07 Å². The molecule has 104 valence electrons. The summed E-state index contributed by atoms with van der Waals surface area (Å²) in [5.41, 5.74) is 0.146. The van der Waals surface area contributed by atoms with Gasteiger partial charge in [0.25, 0.3) is 0 Å². The third-order valence-corrected chi connectivity index (χ3v) is 2.46. The first-order valence-corrected chi connectivity index (χ1v) is 5.53. The summed E-state index contributed by atoms with van der Waals surface area (Å²) in [6.45, 7) is -1.20. The van der Waals surface area contributed by atoms with Gasteiger partial charge in [-0.3, -0.25) is 14.5 Å². The van der Waals surface area contributed by atoms with Gasteiger partial charge in [-0.15, -0.1) is 0 Å². The Balaban J connectivity index is 2.95. The van der Waals surface area contributed by atoms with E-state index in [0.29, 0.717) is 0 Å². The second-order valence-corrected chi connectivity index (χ2v) is 4.30. The van der Waals surface area contributed by atoms with Crippen molar-refractivity contribution in [3.8, 4) is 11.5 Å². The van der Waals surface area contributed by atoms with Crippen molar-refractivity contribution in [3.63, 3.8) is 0 Å². The Hall–Kier alpha value is -1.99. The van der Waals surface area contributed by atoms with Gasteiger partial charge in [0, 0.05) is 23.2 Å². The van der Waals surface area contributed by atoms with Crippen LogP contribution in [0.1, 0.15) is 5.56 Å². The number of benzene rings is 1. The number of carbonyl (C=O) groups is 2. The van der Waals surface area contributed by atoms with E-state index in [1.165, 1.54) is 6.07 Å². The number of nitrogens with zero attached hydrogens (tertiary/aromatic N) is 1. The van der Waals surface area contributed by atoms with Crippen molar-refractivity contribution >= 4 is 23.5 Å². The van der Waals surface area contributed by atoms with Crippen LogP contribution in [0.25, 0.3) is 0 Å². The summed E-state index contributed by atoms with van der Waals surface area (Å²) in [5, 5.41) is 36.5. The lowest BCUT2D eigenvalue weighted by Crippen LogP contribution is -2.34. The Morgan fingerprint density at radius 3 is 2.11 bits per heavy atom. The number of carboxylic acids is 2. The Morgan fingerprint density at radius 1 is 1.11 bits per heavy atom. The third-order valence-electron chi connectivity index (χ3n) is 2.25. The van der Waals surface area contributed by atoms with E-state index >= 15 is 0 Å². The summed E-state index contributed by atoms with van der Waals surface area (Å²) in [5.74, 6) is -3.31. The molecule has 0 amide bonds. The first kappa shape index (κ1) is 15.1. The van der Waals surface area contributed by atoms with E-state index in [2.05, 4.69) is 0 Å². The molecule has 4 N–H and O–H groups in total. The van der Waals surface area contributed by atoms with Crippen molar-refractivity contribution in [2.24, 2.45) is 0 Å². The summed E-state index contributed by atoms with van der Waals surface area (Å²) in [4.78, 5) is 22.3. The predicted octanol–water partition coefficient (Wildman–Crippen LogP) is 0.722. The van der Waals surface area contributed by atoms with Gasteiger partial charge >= 0.3 is 11.9 Å². The lowest BCUT2D eigenvalue weighted by molar-refractivity contribution is -0.142. The van der Waals surface area contributed by atoms with Crippen LogP contribution in [0, 0.1) is 0 Å². The number of hydrogen-bond acceptors (Lipinski definition) is 5. The average Bonchev–Trinajstić information content (AvgIpc) is 2.23. The second kappa shape index (κ2) is 6.26. The van der Waals surface area contributed by atoms with Crippen molar-refractivity contribution in [2.75, 3.05) is 13.1 Å². The van der Waals surface area contributed by atoms with Gasteiger partial charge in [0.05, 0.1) is 13.1 Å². The van der Waals surface area contributed by atoms with Crippen LogP contribution < -0.4 is 0 Å². The van der Waals surface area contributed by atoms with E-state index in [9.17, 15) is 19.8 Å². The van der Waals surface area contributed by atoms with Gasteiger partial charge in [-0.1, -0.05) is 11.6 Å². The van der Waals surface area contributed by atoms with Crippen LogP contribution in [-0.2, 0) is 16.1 Å². The molecular formula is C11H12ClNO6. The fourth-order valence-electron chi connectivity index (χ4n) is 1.55. The Labute approximate surface area is 113 Å². The largest absolute Gasteiger partial charge is 0.504 e. The standard InChI is InChI=1S/C11H12ClNO6/c12-7-1-6(11(19)8(14)2-7)3-13(4-9(15)16)5-10(17)18/h1-2,14,19H,3-5H2,(H,15,16)(H,17,18). The molecule has 0 atom stereocenters. The normalized spacial score (nSPS) is 10.6. The highest BCUT2D eigenvalue weighted by Gasteiger charge is 2.17. The van der Waals surface area contributed by atoms with Gasteiger partial charge in [-0.2, -0.15) is 0 Å². The molecule has 7 nitrogen and oxygen atoms in total. The minimum Gasteiger partial charge on any atom is -0.504 e. The van der Waals surface area contributed by atoms with E-state index in [-0.39, 0.29) is 17.1 Å². The quantitative estimate of drug-likeness (QED) is 0.570. The molecule has 1 aromatic carbocycles. The van der Waals surface area contributed by atoms with E-state index in [4.69, 9.17) is 21.8 Å². The molecular weight excluding hydrogens is 278 g/mol. The molecule has 1 rings (SSSR count). The highest BCUT2D eigenvalue weighted by Crippen LogP contribution is 2.33. The van der Waals surface area contributed by atoms with Gasteiger partial charge in [0.1, 0.15) is 0 Å². The van der Waals surface area contributed by atoms with E-state index in [1.54, 1.807) is 0 Å². The van der Waals surface area contributed by atoms with Crippen molar-refractivity contribution in [3.05, 3.63) is 22.7 Å². The van der Waals surface area contributed by atoms with Gasteiger partial charge in [0.2, 0.25) is 0 Å². The molecule has 0 spiro atoms. The summed E-state index contributed by atoms with van der Waals surface area (Å²) in [6.07, 6.45) is 0. The first-order chi connectivity index (χ1) is 8.79. The number of carboxylic acid groups (broad SMARTS) is 2. The Bertz CT molecular complexity index is 488. The molecule has 0 saturated heterocycles. The minimum atomic E-state index is -1.20. The molecule has 0 unspecified atom stereocenters. The summed E-state index contributed by atoms with van der Waals surface area (Å²) in [7, 11) is 0. The average molecular weight is 290 g/mol. The fourth-order valence-corrected chi connectivity index (χ4v) is 1.79. The highest BCUT2D eigenvalue weighted by atomic mass is 35.5. The summed E-state index contributed by atoms with van der Waals surface area (Å²) in [6, 6.07) is 2.45. The minimum absolute atomic E-state index is 0.146. The second-order valence-electron chi connectivity index (χ2n) is 3.87. The van der Waals surface area contributed by atoms with Crippen molar-refractivity contribution in [2.45, 2.75) is 6.54 Å². The molecule has 0 radical (unpaired) electrons. The van der Waals surface area contributed by atoms with Crippen LogP contribution in [0.2, 0.25) is 5.02 Å². The van der Waals surface area contributed by atoms with E-state index in [0.717, 1.165) is 11.0 Å². The molecule has 1 aromatic rings. The molecule has 0 aliphatic carbocycles. The molecule has 0 bridgehead atoms. The third kappa shape index (κ3) is 4.65.